The quantitative estimate of drug-likeness (QED) is 0.679. The maximum atomic E-state index is 12.3. The number of likely N-dealkylation sites (tertiary alicyclic amines) is 1. The third kappa shape index (κ3) is 7.17. The lowest BCUT2D eigenvalue weighted by Gasteiger charge is -2.33. The molecule has 0 bridgehead atoms. The van der Waals surface area contributed by atoms with Crippen LogP contribution in [0.2, 0.25) is 0 Å². The van der Waals surface area contributed by atoms with E-state index in [0.717, 1.165) is 55.6 Å². The predicted octanol–water partition coefficient (Wildman–Crippen LogP) is 3.06. The van der Waals surface area contributed by atoms with Crippen LogP contribution < -0.4 is 15.5 Å². The van der Waals surface area contributed by atoms with Gasteiger partial charge >= 0.3 is 6.03 Å². The van der Waals surface area contributed by atoms with Crippen LogP contribution in [-0.2, 0) is 19.6 Å². The van der Waals surface area contributed by atoms with Gasteiger partial charge in [-0.15, -0.1) is 0 Å². The number of urea groups is 1. The topological polar surface area (TPSA) is 63.7 Å². The second-order valence-electron chi connectivity index (χ2n) is 9.62. The third-order valence-electron chi connectivity index (χ3n) is 6.85. The zero-order valence-corrected chi connectivity index (χ0v) is 20.1. The van der Waals surface area contributed by atoms with Crippen LogP contribution in [0.4, 0.5) is 10.6 Å². The maximum absolute atomic E-state index is 12.3. The number of rotatable bonds is 7. The Hall–Kier alpha value is -2.64. The number of likely N-dealkylation sites (N-methyl/N-ethyl adjacent to an activating group) is 1. The average Bonchev–Trinajstić information content (AvgIpc) is 2.84. The number of aromatic nitrogens is 1. The van der Waals surface area contributed by atoms with Crippen molar-refractivity contribution in [2.45, 2.75) is 39.4 Å². The number of piperazine rings is 1. The van der Waals surface area contributed by atoms with Crippen LogP contribution in [0.25, 0.3) is 0 Å². The Labute approximate surface area is 198 Å². The van der Waals surface area contributed by atoms with E-state index in [9.17, 15) is 4.79 Å². The monoisotopic (exact) mass is 450 g/mol. The van der Waals surface area contributed by atoms with E-state index in [-0.39, 0.29) is 6.03 Å². The van der Waals surface area contributed by atoms with Gasteiger partial charge in [0.25, 0.3) is 0 Å². The van der Waals surface area contributed by atoms with Crippen molar-refractivity contribution in [3.63, 3.8) is 0 Å². The van der Waals surface area contributed by atoms with Gasteiger partial charge in [-0.2, -0.15) is 0 Å². The summed E-state index contributed by atoms with van der Waals surface area (Å²) in [6, 6.07) is 12.5. The largest absolute Gasteiger partial charge is 0.354 e. The number of carbonyl (C=O) groups excluding carboxylic acids is 1. The summed E-state index contributed by atoms with van der Waals surface area (Å²) in [7, 11) is 2.15. The van der Waals surface area contributed by atoms with Gasteiger partial charge in [0.2, 0.25) is 0 Å². The lowest BCUT2D eigenvalue weighted by molar-refractivity contribution is 0.185. The molecule has 178 valence electrons. The Bertz CT molecular complexity index is 886. The molecule has 0 radical (unpaired) electrons. The van der Waals surface area contributed by atoms with E-state index in [1.807, 2.05) is 12.3 Å². The first kappa shape index (κ1) is 23.5. The van der Waals surface area contributed by atoms with E-state index in [1.54, 1.807) is 0 Å². The van der Waals surface area contributed by atoms with Gasteiger partial charge in [0.15, 0.2) is 0 Å². The molecular formula is C26H38N6O. The summed E-state index contributed by atoms with van der Waals surface area (Å²) in [5, 5.41) is 5.93. The fourth-order valence-corrected chi connectivity index (χ4v) is 4.45. The molecule has 33 heavy (non-hydrogen) atoms. The molecule has 2 aliphatic rings. The number of amides is 2. The van der Waals surface area contributed by atoms with Crippen LogP contribution in [0, 0.1) is 5.92 Å². The summed E-state index contributed by atoms with van der Waals surface area (Å²) in [4.78, 5) is 24.0. The number of carbonyl (C=O) groups is 1. The van der Waals surface area contributed by atoms with Gasteiger partial charge in [0.05, 0.1) is 0 Å². The Morgan fingerprint density at radius 1 is 0.909 bits per heavy atom. The van der Waals surface area contributed by atoms with Crippen molar-refractivity contribution < 1.29 is 4.79 Å². The Morgan fingerprint density at radius 3 is 2.24 bits per heavy atom. The smallest absolute Gasteiger partial charge is 0.315 e. The normalized spacial score (nSPS) is 18.3. The van der Waals surface area contributed by atoms with E-state index < -0.39 is 0 Å². The third-order valence-corrected chi connectivity index (χ3v) is 6.85. The molecule has 4 rings (SSSR count). The van der Waals surface area contributed by atoms with Crippen molar-refractivity contribution in [1.29, 1.82) is 0 Å². The van der Waals surface area contributed by atoms with Crippen molar-refractivity contribution in [3.8, 4) is 0 Å². The van der Waals surface area contributed by atoms with E-state index in [0.29, 0.717) is 13.1 Å². The number of nitrogens with one attached hydrogen (secondary N) is 2. The molecule has 3 heterocycles. The summed E-state index contributed by atoms with van der Waals surface area (Å²) >= 11 is 0. The summed E-state index contributed by atoms with van der Waals surface area (Å²) in [5.41, 5.74) is 3.51. The number of hydrogen-bond donors (Lipinski definition) is 2. The van der Waals surface area contributed by atoms with Gasteiger partial charge in [-0.1, -0.05) is 31.2 Å². The molecule has 1 aromatic carbocycles. The molecule has 0 unspecified atom stereocenters. The molecule has 7 heteroatoms. The second-order valence-corrected chi connectivity index (χ2v) is 9.62. The minimum absolute atomic E-state index is 0.153. The first-order valence-electron chi connectivity index (χ1n) is 12.3. The molecule has 1 aromatic heterocycles. The average molecular weight is 451 g/mol. The van der Waals surface area contributed by atoms with Crippen LogP contribution in [0.3, 0.4) is 0 Å². The molecule has 2 aromatic rings. The molecule has 2 N–H and O–H groups in total. The van der Waals surface area contributed by atoms with Gasteiger partial charge in [-0.3, -0.25) is 4.90 Å². The van der Waals surface area contributed by atoms with Crippen molar-refractivity contribution in [1.82, 2.24) is 25.4 Å². The minimum Gasteiger partial charge on any atom is -0.354 e. The molecule has 2 saturated heterocycles. The molecular weight excluding hydrogens is 412 g/mol. The van der Waals surface area contributed by atoms with Crippen molar-refractivity contribution in [2.75, 3.05) is 51.2 Å². The SMILES string of the molecule is CC1CCN(Cc2ccc(CNC(=O)NCc3ccnc(N4CCN(C)CC4)c3)cc2)CC1. The second kappa shape index (κ2) is 11.5. The van der Waals surface area contributed by atoms with Crippen LogP contribution in [0.5, 0.6) is 0 Å². The molecule has 0 saturated carbocycles. The Morgan fingerprint density at radius 2 is 1.55 bits per heavy atom. The summed E-state index contributed by atoms with van der Waals surface area (Å²) < 4.78 is 0. The minimum atomic E-state index is -0.153. The van der Waals surface area contributed by atoms with Crippen molar-refractivity contribution >= 4 is 11.8 Å². The Balaban J connectivity index is 1.19. The van der Waals surface area contributed by atoms with Gasteiger partial charge < -0.3 is 20.4 Å². The molecule has 0 atom stereocenters. The van der Waals surface area contributed by atoms with Crippen molar-refractivity contribution in [2.24, 2.45) is 5.92 Å². The molecule has 2 aliphatic heterocycles. The fraction of sp³-hybridized carbons (Fsp3) is 0.538. The van der Waals surface area contributed by atoms with Gasteiger partial charge in [-0.05, 0) is 67.7 Å². The summed E-state index contributed by atoms with van der Waals surface area (Å²) in [6.45, 7) is 10.8. The first-order valence-corrected chi connectivity index (χ1v) is 12.3. The van der Waals surface area contributed by atoms with Crippen LogP contribution in [0.15, 0.2) is 42.6 Å². The lowest BCUT2D eigenvalue weighted by atomic mass is 9.99. The van der Waals surface area contributed by atoms with Crippen LogP contribution >= 0.6 is 0 Å². The zero-order valence-electron chi connectivity index (χ0n) is 20.1. The number of nitrogens with zero attached hydrogens (tertiary/aromatic N) is 4. The Kier molecular flexibility index (Phi) is 8.18. The predicted molar refractivity (Wildman–Crippen MR) is 133 cm³/mol. The number of pyridine rings is 1. The number of benzene rings is 1. The molecule has 2 fully saturated rings. The summed E-state index contributed by atoms with van der Waals surface area (Å²) in [5.74, 6) is 1.85. The fourth-order valence-electron chi connectivity index (χ4n) is 4.45. The van der Waals surface area contributed by atoms with Gasteiger partial charge in [-0.25, -0.2) is 9.78 Å². The lowest BCUT2D eigenvalue weighted by Crippen LogP contribution is -2.44. The van der Waals surface area contributed by atoms with Crippen LogP contribution in [0.1, 0.15) is 36.5 Å². The van der Waals surface area contributed by atoms with E-state index >= 15 is 0 Å². The summed E-state index contributed by atoms with van der Waals surface area (Å²) in [6.07, 6.45) is 4.43. The molecule has 7 nitrogen and oxygen atoms in total. The van der Waals surface area contributed by atoms with E-state index in [1.165, 1.54) is 31.5 Å². The number of piperidine rings is 1. The standard InChI is InChI=1S/C26H38N6O/c1-21-8-11-31(12-9-21)20-23-5-3-22(4-6-23)18-28-26(33)29-19-24-7-10-27-25(17-24)32-15-13-30(2)14-16-32/h3-7,10,17,21H,8-9,11-16,18-20H2,1-2H3,(H2,28,29,33). The van der Waals surface area contributed by atoms with Gasteiger partial charge in [0, 0.05) is 52.0 Å². The highest BCUT2D eigenvalue weighted by Crippen LogP contribution is 2.18. The maximum Gasteiger partial charge on any atom is 0.315 e. The highest BCUT2D eigenvalue weighted by Gasteiger charge is 2.16. The number of anilines is 1. The van der Waals surface area contributed by atoms with Crippen molar-refractivity contribution in [3.05, 3.63) is 59.3 Å². The van der Waals surface area contributed by atoms with Gasteiger partial charge in [0.1, 0.15) is 5.82 Å². The molecule has 0 spiro atoms. The van der Waals surface area contributed by atoms with Crippen LogP contribution in [-0.4, -0.2) is 67.1 Å². The zero-order chi connectivity index (χ0) is 23.0. The number of hydrogen-bond acceptors (Lipinski definition) is 5. The highest BCUT2D eigenvalue weighted by atomic mass is 16.2. The molecule has 0 aliphatic carbocycles. The first-order chi connectivity index (χ1) is 16.0. The molecule has 2 amide bonds. The van der Waals surface area contributed by atoms with E-state index in [4.69, 9.17) is 0 Å². The highest BCUT2D eigenvalue weighted by molar-refractivity contribution is 5.73. The van der Waals surface area contributed by atoms with E-state index in [2.05, 4.69) is 74.6 Å².